The van der Waals surface area contributed by atoms with Crippen LogP contribution >= 0.6 is 0 Å². The molecular formula is C19H25N5O2. The minimum Gasteiger partial charge on any atom is -0.465 e. The molecule has 0 radical (unpaired) electrons. The third kappa shape index (κ3) is 4.64. The van der Waals surface area contributed by atoms with E-state index in [4.69, 9.17) is 4.74 Å². The first kappa shape index (κ1) is 18.0. The Morgan fingerprint density at radius 1 is 1.23 bits per heavy atom. The van der Waals surface area contributed by atoms with Crippen molar-refractivity contribution in [3.05, 3.63) is 54.4 Å². The summed E-state index contributed by atoms with van der Waals surface area (Å²) in [4.78, 5) is 20.5. The Morgan fingerprint density at radius 3 is 2.58 bits per heavy atom. The molecule has 1 saturated heterocycles. The number of benzene rings is 1. The molecule has 1 aliphatic heterocycles. The average Bonchev–Trinajstić information content (AvgIpc) is 2.69. The Bertz CT molecular complexity index is 700. The van der Waals surface area contributed by atoms with Gasteiger partial charge in [-0.1, -0.05) is 12.1 Å². The number of amides is 2. The molecule has 1 fully saturated rings. The number of anilines is 1. The zero-order valence-corrected chi connectivity index (χ0v) is 15.2. The van der Waals surface area contributed by atoms with E-state index in [0.717, 1.165) is 24.3 Å². The van der Waals surface area contributed by atoms with Crippen LogP contribution in [0.25, 0.3) is 0 Å². The van der Waals surface area contributed by atoms with Gasteiger partial charge < -0.3 is 19.9 Å². The van der Waals surface area contributed by atoms with Crippen LogP contribution in [0.1, 0.15) is 11.8 Å². The van der Waals surface area contributed by atoms with Crippen molar-refractivity contribution in [2.45, 2.75) is 6.23 Å². The molecule has 138 valence electrons. The van der Waals surface area contributed by atoms with Crippen LogP contribution in [0, 0.1) is 0 Å². The van der Waals surface area contributed by atoms with Gasteiger partial charge in [0.2, 0.25) is 0 Å². The van der Waals surface area contributed by atoms with E-state index in [-0.39, 0.29) is 6.03 Å². The predicted molar refractivity (Wildman–Crippen MR) is 101 cm³/mol. The highest BCUT2D eigenvalue weighted by molar-refractivity contribution is 5.74. The Kier molecular flexibility index (Phi) is 5.91. The first-order valence-corrected chi connectivity index (χ1v) is 8.73. The van der Waals surface area contributed by atoms with E-state index >= 15 is 0 Å². The van der Waals surface area contributed by atoms with E-state index in [1.807, 2.05) is 49.3 Å². The van der Waals surface area contributed by atoms with Gasteiger partial charge in [0.05, 0.1) is 6.20 Å². The molecule has 2 aromatic rings. The number of pyridine rings is 1. The van der Waals surface area contributed by atoms with Gasteiger partial charge in [-0.05, 0) is 24.3 Å². The summed E-state index contributed by atoms with van der Waals surface area (Å²) in [7, 11) is 3.98. The normalized spacial score (nSPS) is 15.2. The fraction of sp³-hybridized carbons (Fsp3) is 0.368. The van der Waals surface area contributed by atoms with Gasteiger partial charge in [-0.15, -0.1) is 0 Å². The molecule has 0 aliphatic carbocycles. The summed E-state index contributed by atoms with van der Waals surface area (Å²) in [5.74, 6) is 0.606. The third-order valence-corrected chi connectivity index (χ3v) is 4.26. The SMILES string of the molecule is CN(C)c1ccc(C(NC(=O)N2CCNCC2)Oc2cccnc2)cc1. The van der Waals surface area contributed by atoms with Crippen LogP contribution in [0.5, 0.6) is 5.75 Å². The molecule has 26 heavy (non-hydrogen) atoms. The topological polar surface area (TPSA) is 69.7 Å². The smallest absolute Gasteiger partial charge is 0.320 e. The monoisotopic (exact) mass is 355 g/mol. The predicted octanol–water partition coefficient (Wildman–Crippen LogP) is 1.84. The number of hydrogen-bond acceptors (Lipinski definition) is 5. The van der Waals surface area contributed by atoms with Crippen molar-refractivity contribution >= 4 is 11.7 Å². The van der Waals surface area contributed by atoms with Crippen LogP contribution in [0.4, 0.5) is 10.5 Å². The van der Waals surface area contributed by atoms with Gasteiger partial charge >= 0.3 is 6.03 Å². The molecule has 1 aliphatic rings. The first-order valence-electron chi connectivity index (χ1n) is 8.73. The molecular weight excluding hydrogens is 330 g/mol. The molecule has 1 aromatic heterocycles. The maximum absolute atomic E-state index is 12.6. The van der Waals surface area contributed by atoms with Gasteiger partial charge in [-0.25, -0.2) is 4.79 Å². The molecule has 3 rings (SSSR count). The number of nitrogens with one attached hydrogen (secondary N) is 2. The van der Waals surface area contributed by atoms with E-state index < -0.39 is 6.23 Å². The Hall–Kier alpha value is -2.80. The number of ether oxygens (including phenoxy) is 1. The van der Waals surface area contributed by atoms with Crippen molar-refractivity contribution < 1.29 is 9.53 Å². The van der Waals surface area contributed by atoms with Crippen LogP contribution in [0.15, 0.2) is 48.8 Å². The lowest BCUT2D eigenvalue weighted by Gasteiger charge is -2.30. The second kappa shape index (κ2) is 8.53. The Balaban J connectivity index is 1.77. The number of rotatable bonds is 5. The average molecular weight is 355 g/mol. The van der Waals surface area contributed by atoms with Crippen LogP contribution in [-0.4, -0.2) is 56.2 Å². The molecule has 2 N–H and O–H groups in total. The van der Waals surface area contributed by atoms with E-state index in [1.165, 1.54) is 0 Å². The molecule has 7 heteroatoms. The molecule has 2 amide bonds. The first-order chi connectivity index (χ1) is 12.6. The number of urea groups is 1. The zero-order chi connectivity index (χ0) is 18.4. The lowest BCUT2D eigenvalue weighted by atomic mass is 10.1. The van der Waals surface area contributed by atoms with Gasteiger partial charge in [0.15, 0.2) is 6.23 Å². The van der Waals surface area contributed by atoms with Gasteiger partial charge in [-0.3, -0.25) is 10.3 Å². The van der Waals surface area contributed by atoms with E-state index in [9.17, 15) is 4.79 Å². The van der Waals surface area contributed by atoms with Crippen LogP contribution < -0.4 is 20.3 Å². The number of aromatic nitrogens is 1. The summed E-state index contributed by atoms with van der Waals surface area (Å²) in [5.41, 5.74) is 1.96. The minimum absolute atomic E-state index is 0.128. The standard InChI is InChI=1S/C19H25N5O2/c1-23(2)16-7-5-15(6-8-16)18(26-17-4-3-9-21-14-17)22-19(25)24-12-10-20-11-13-24/h3-9,14,18,20H,10-13H2,1-2H3,(H,22,25). The number of carbonyl (C=O) groups is 1. The lowest BCUT2D eigenvalue weighted by molar-refractivity contribution is 0.140. The van der Waals surface area contributed by atoms with Crippen molar-refractivity contribution in [1.29, 1.82) is 0 Å². The van der Waals surface area contributed by atoms with Crippen molar-refractivity contribution in [3.63, 3.8) is 0 Å². The highest BCUT2D eigenvalue weighted by Crippen LogP contribution is 2.22. The summed E-state index contributed by atoms with van der Waals surface area (Å²) in [6.07, 6.45) is 2.74. The molecule has 0 spiro atoms. The largest absolute Gasteiger partial charge is 0.465 e. The molecule has 1 atom stereocenters. The molecule has 0 bridgehead atoms. The summed E-state index contributed by atoms with van der Waals surface area (Å²) in [6, 6.07) is 11.4. The third-order valence-electron chi connectivity index (χ3n) is 4.26. The summed E-state index contributed by atoms with van der Waals surface area (Å²) in [5, 5.41) is 6.24. The van der Waals surface area contributed by atoms with Gasteiger partial charge in [0, 0.05) is 57.7 Å². The van der Waals surface area contributed by atoms with Crippen molar-refractivity contribution in [2.24, 2.45) is 0 Å². The van der Waals surface area contributed by atoms with Crippen LogP contribution in [0.2, 0.25) is 0 Å². The fourth-order valence-electron chi connectivity index (χ4n) is 2.75. The second-order valence-electron chi connectivity index (χ2n) is 6.36. The van der Waals surface area contributed by atoms with E-state index in [0.29, 0.717) is 18.8 Å². The number of carbonyl (C=O) groups excluding carboxylic acids is 1. The molecule has 7 nitrogen and oxygen atoms in total. The molecule has 0 saturated carbocycles. The number of hydrogen-bond donors (Lipinski definition) is 2. The quantitative estimate of drug-likeness (QED) is 0.801. The fourth-order valence-corrected chi connectivity index (χ4v) is 2.75. The summed E-state index contributed by atoms with van der Waals surface area (Å²) in [6.45, 7) is 2.98. The zero-order valence-electron chi connectivity index (χ0n) is 15.2. The second-order valence-corrected chi connectivity index (χ2v) is 6.36. The van der Waals surface area contributed by atoms with Crippen LogP contribution in [0.3, 0.4) is 0 Å². The van der Waals surface area contributed by atoms with E-state index in [1.54, 1.807) is 23.4 Å². The minimum atomic E-state index is -0.585. The molecule has 1 aromatic carbocycles. The lowest BCUT2D eigenvalue weighted by Crippen LogP contribution is -2.51. The van der Waals surface area contributed by atoms with Crippen molar-refractivity contribution in [1.82, 2.24) is 20.5 Å². The van der Waals surface area contributed by atoms with Gasteiger partial charge in [0.1, 0.15) is 5.75 Å². The van der Waals surface area contributed by atoms with Crippen molar-refractivity contribution in [3.8, 4) is 5.75 Å². The van der Waals surface area contributed by atoms with Gasteiger partial charge in [0.25, 0.3) is 0 Å². The van der Waals surface area contributed by atoms with Crippen molar-refractivity contribution in [2.75, 3.05) is 45.2 Å². The highest BCUT2D eigenvalue weighted by atomic mass is 16.5. The maximum Gasteiger partial charge on any atom is 0.320 e. The Morgan fingerprint density at radius 2 is 1.96 bits per heavy atom. The molecule has 1 unspecified atom stereocenters. The number of nitrogens with zero attached hydrogens (tertiary/aromatic N) is 3. The summed E-state index contributed by atoms with van der Waals surface area (Å²) >= 11 is 0. The van der Waals surface area contributed by atoms with E-state index in [2.05, 4.69) is 15.6 Å². The maximum atomic E-state index is 12.6. The highest BCUT2D eigenvalue weighted by Gasteiger charge is 2.22. The van der Waals surface area contributed by atoms with Crippen LogP contribution in [-0.2, 0) is 0 Å². The Labute approximate surface area is 154 Å². The number of piperazine rings is 1. The van der Waals surface area contributed by atoms with Gasteiger partial charge in [-0.2, -0.15) is 0 Å². The summed E-state index contributed by atoms with van der Waals surface area (Å²) < 4.78 is 6.01. The molecule has 2 heterocycles.